The highest BCUT2D eigenvalue weighted by molar-refractivity contribution is 5.29. The molecule has 8 nitrogen and oxygen atoms in total. The maximum atomic E-state index is 12.3. The van der Waals surface area contributed by atoms with Gasteiger partial charge in [0.2, 0.25) is 0 Å². The Kier molecular flexibility index (Phi) is 4.12. The first-order valence-electron chi connectivity index (χ1n) is 9.63. The van der Waals surface area contributed by atoms with Gasteiger partial charge in [-0.15, -0.1) is 0 Å². The van der Waals surface area contributed by atoms with Crippen LogP contribution in [0, 0.1) is 0 Å². The average molecular weight is 365 g/mol. The van der Waals surface area contributed by atoms with E-state index in [0.717, 1.165) is 38.8 Å². The van der Waals surface area contributed by atoms with E-state index in [1.807, 2.05) is 10.8 Å². The average Bonchev–Trinajstić information content (AvgIpc) is 3.44. The number of fused-ring (bicyclic) bond motifs is 1. The van der Waals surface area contributed by atoms with E-state index in [2.05, 4.69) is 25.2 Å². The maximum Gasteiger partial charge on any atom is 0.266 e. The highest BCUT2D eigenvalue weighted by atomic mass is 16.1. The lowest BCUT2D eigenvalue weighted by molar-refractivity contribution is 0.214. The fraction of sp³-hybridized carbons (Fsp3) is 0.474. The lowest BCUT2D eigenvalue weighted by Crippen LogP contribution is -2.37. The van der Waals surface area contributed by atoms with E-state index in [9.17, 15) is 4.79 Å². The molecule has 27 heavy (non-hydrogen) atoms. The van der Waals surface area contributed by atoms with Crippen molar-refractivity contribution in [3.05, 3.63) is 58.2 Å². The number of H-pyrrole nitrogens is 1. The summed E-state index contributed by atoms with van der Waals surface area (Å²) in [7, 11) is 0. The largest absolute Gasteiger partial charge is 0.293 e. The van der Waals surface area contributed by atoms with Crippen molar-refractivity contribution in [2.24, 2.45) is 0 Å². The summed E-state index contributed by atoms with van der Waals surface area (Å²) < 4.78 is 3.41. The second kappa shape index (κ2) is 6.77. The number of hydrogen-bond acceptors (Lipinski definition) is 5. The van der Waals surface area contributed by atoms with Crippen LogP contribution in [-0.2, 0) is 25.9 Å². The molecule has 1 aliphatic heterocycles. The van der Waals surface area contributed by atoms with Gasteiger partial charge in [-0.1, -0.05) is 0 Å². The molecule has 0 amide bonds. The van der Waals surface area contributed by atoms with E-state index < -0.39 is 0 Å². The van der Waals surface area contributed by atoms with Crippen LogP contribution in [0.5, 0.6) is 0 Å². The SMILES string of the molecule is O=c1ccc(-n2ccnc2)nn1CC1CCCN1Cc1n[nH]c2c1CCC2. The molecule has 0 bridgehead atoms. The van der Waals surface area contributed by atoms with Crippen LogP contribution >= 0.6 is 0 Å². The van der Waals surface area contributed by atoms with E-state index in [1.54, 1.807) is 29.3 Å². The summed E-state index contributed by atoms with van der Waals surface area (Å²) in [6, 6.07) is 3.63. The molecule has 1 aliphatic carbocycles. The standard InChI is InChI=1S/C19H23N7O/c27-19-7-6-18(25-10-8-20-13-25)23-26(19)11-14-3-2-9-24(14)12-17-15-4-1-5-16(15)21-22-17/h6-8,10,13-14H,1-5,9,11-12H2,(H,21,22). The summed E-state index contributed by atoms with van der Waals surface area (Å²) in [6.45, 7) is 2.50. The number of nitrogens with zero attached hydrogens (tertiary/aromatic N) is 6. The van der Waals surface area contributed by atoms with Crippen molar-refractivity contribution >= 4 is 0 Å². The minimum Gasteiger partial charge on any atom is -0.293 e. The number of aromatic amines is 1. The molecule has 8 heteroatoms. The van der Waals surface area contributed by atoms with Gasteiger partial charge < -0.3 is 0 Å². The first-order chi connectivity index (χ1) is 13.3. The lowest BCUT2D eigenvalue weighted by atomic mass is 10.1. The van der Waals surface area contributed by atoms with Crippen molar-refractivity contribution in [3.63, 3.8) is 0 Å². The molecule has 5 rings (SSSR count). The van der Waals surface area contributed by atoms with Gasteiger partial charge >= 0.3 is 0 Å². The highest BCUT2D eigenvalue weighted by Gasteiger charge is 2.28. The van der Waals surface area contributed by atoms with E-state index in [4.69, 9.17) is 0 Å². The molecule has 0 radical (unpaired) electrons. The van der Waals surface area contributed by atoms with E-state index in [-0.39, 0.29) is 5.56 Å². The van der Waals surface area contributed by atoms with Gasteiger partial charge in [0.05, 0.1) is 12.2 Å². The first kappa shape index (κ1) is 16.4. The minimum absolute atomic E-state index is 0.0635. The Morgan fingerprint density at radius 3 is 3.07 bits per heavy atom. The molecular formula is C19H23N7O. The third-order valence-electron chi connectivity index (χ3n) is 5.75. The summed E-state index contributed by atoms with van der Waals surface area (Å²) in [5.41, 5.74) is 3.85. The van der Waals surface area contributed by atoms with Crippen LogP contribution in [0.1, 0.15) is 36.2 Å². The molecule has 0 saturated carbocycles. The predicted octanol–water partition coefficient (Wildman–Crippen LogP) is 1.31. The second-order valence-corrected chi connectivity index (χ2v) is 7.43. The normalized spacial score (nSPS) is 19.6. The first-order valence-corrected chi connectivity index (χ1v) is 9.63. The molecule has 0 aromatic carbocycles. The topological polar surface area (TPSA) is 84.6 Å². The fourth-order valence-electron chi connectivity index (χ4n) is 4.32. The third kappa shape index (κ3) is 3.10. The Hall–Kier alpha value is -2.74. The van der Waals surface area contributed by atoms with Crippen molar-refractivity contribution < 1.29 is 0 Å². The van der Waals surface area contributed by atoms with Crippen molar-refractivity contribution in [1.29, 1.82) is 0 Å². The summed E-state index contributed by atoms with van der Waals surface area (Å²) >= 11 is 0. The van der Waals surface area contributed by atoms with Gasteiger partial charge in [0.25, 0.3) is 5.56 Å². The number of likely N-dealkylation sites (tertiary alicyclic amines) is 1. The minimum atomic E-state index is -0.0635. The van der Waals surface area contributed by atoms with Crippen LogP contribution in [-0.4, -0.2) is 47.0 Å². The lowest BCUT2D eigenvalue weighted by Gasteiger charge is -2.24. The van der Waals surface area contributed by atoms with Crippen LogP contribution in [0.15, 0.2) is 35.6 Å². The molecule has 1 atom stereocenters. The zero-order valence-electron chi connectivity index (χ0n) is 15.2. The third-order valence-corrected chi connectivity index (χ3v) is 5.75. The molecule has 3 aromatic rings. The van der Waals surface area contributed by atoms with E-state index in [1.165, 1.54) is 23.4 Å². The maximum absolute atomic E-state index is 12.3. The molecule has 140 valence electrons. The molecular weight excluding hydrogens is 342 g/mol. The van der Waals surface area contributed by atoms with Gasteiger partial charge in [-0.25, -0.2) is 9.67 Å². The second-order valence-electron chi connectivity index (χ2n) is 7.43. The van der Waals surface area contributed by atoms with E-state index in [0.29, 0.717) is 18.4 Å². The van der Waals surface area contributed by atoms with Crippen molar-refractivity contribution in [2.45, 2.75) is 51.2 Å². The molecule has 0 spiro atoms. The smallest absolute Gasteiger partial charge is 0.266 e. The molecule has 3 aromatic heterocycles. The van der Waals surface area contributed by atoms with Gasteiger partial charge in [-0.2, -0.15) is 10.2 Å². The summed E-state index contributed by atoms with van der Waals surface area (Å²) in [6.07, 6.45) is 10.9. The highest BCUT2D eigenvalue weighted by Crippen LogP contribution is 2.26. The molecule has 1 unspecified atom stereocenters. The van der Waals surface area contributed by atoms with Crippen LogP contribution < -0.4 is 5.56 Å². The Balaban J connectivity index is 1.35. The summed E-state index contributed by atoms with van der Waals surface area (Å²) in [5.74, 6) is 0.710. The summed E-state index contributed by atoms with van der Waals surface area (Å²) in [5, 5.41) is 12.3. The number of nitrogens with one attached hydrogen (secondary N) is 1. The zero-order valence-corrected chi connectivity index (χ0v) is 15.2. The zero-order chi connectivity index (χ0) is 18.2. The van der Waals surface area contributed by atoms with Crippen molar-refractivity contribution in [3.8, 4) is 5.82 Å². The number of imidazole rings is 1. The quantitative estimate of drug-likeness (QED) is 0.737. The Labute approximate surface area is 156 Å². The number of rotatable bonds is 5. The van der Waals surface area contributed by atoms with Gasteiger partial charge in [-0.05, 0) is 50.3 Å². The molecule has 2 aliphatic rings. The number of aromatic nitrogens is 6. The Morgan fingerprint density at radius 2 is 2.19 bits per heavy atom. The number of aryl methyl sites for hydroxylation is 1. The van der Waals surface area contributed by atoms with Crippen LogP contribution in [0.3, 0.4) is 0 Å². The van der Waals surface area contributed by atoms with Crippen molar-refractivity contribution in [2.75, 3.05) is 6.54 Å². The van der Waals surface area contributed by atoms with Crippen LogP contribution in [0.4, 0.5) is 0 Å². The molecule has 1 fully saturated rings. The molecule has 1 N–H and O–H groups in total. The predicted molar refractivity (Wildman–Crippen MR) is 99.7 cm³/mol. The fourth-order valence-corrected chi connectivity index (χ4v) is 4.32. The Bertz CT molecular complexity index is 988. The Morgan fingerprint density at radius 1 is 1.22 bits per heavy atom. The van der Waals surface area contributed by atoms with Gasteiger partial charge in [0.1, 0.15) is 6.33 Å². The monoisotopic (exact) mass is 365 g/mol. The van der Waals surface area contributed by atoms with Gasteiger partial charge in [0.15, 0.2) is 5.82 Å². The van der Waals surface area contributed by atoms with Crippen LogP contribution in [0.25, 0.3) is 5.82 Å². The molecule has 4 heterocycles. The summed E-state index contributed by atoms with van der Waals surface area (Å²) in [4.78, 5) is 18.9. The number of hydrogen-bond donors (Lipinski definition) is 1. The van der Waals surface area contributed by atoms with Crippen molar-refractivity contribution in [1.82, 2.24) is 34.4 Å². The van der Waals surface area contributed by atoms with Crippen LogP contribution in [0.2, 0.25) is 0 Å². The van der Waals surface area contributed by atoms with E-state index >= 15 is 0 Å². The molecule has 1 saturated heterocycles. The van der Waals surface area contributed by atoms with Gasteiger partial charge in [0, 0.05) is 36.7 Å². The van der Waals surface area contributed by atoms with Gasteiger partial charge in [-0.3, -0.25) is 19.4 Å².